The summed E-state index contributed by atoms with van der Waals surface area (Å²) in [5, 5.41) is 26.8. The number of amides is 1. The van der Waals surface area contributed by atoms with Crippen molar-refractivity contribution in [3.63, 3.8) is 0 Å². The Morgan fingerprint density at radius 1 is 0.921 bits per heavy atom. The number of carbonyl (C=O) groups is 1. The van der Waals surface area contributed by atoms with Gasteiger partial charge in [0, 0.05) is 17.7 Å². The molecule has 2 heterocycles. The molecule has 0 aliphatic carbocycles. The fraction of sp³-hybridized carbons (Fsp3) is 0.250. The van der Waals surface area contributed by atoms with Crippen molar-refractivity contribution in [1.29, 1.82) is 0 Å². The molecule has 0 aliphatic rings. The number of nitro groups is 1. The molecule has 4 aromatic rings. The molecule has 2 aromatic heterocycles. The molecule has 0 saturated heterocycles. The lowest BCUT2D eigenvalue weighted by Crippen LogP contribution is -2.28. The Morgan fingerprint density at radius 2 is 1.61 bits per heavy atom. The van der Waals surface area contributed by atoms with Crippen LogP contribution in [0, 0.1) is 10.1 Å². The van der Waals surface area contributed by atoms with Gasteiger partial charge in [-0.15, -0.1) is 15.3 Å². The van der Waals surface area contributed by atoms with Crippen molar-refractivity contribution in [2.24, 2.45) is 0 Å². The lowest BCUT2D eigenvalue weighted by Gasteiger charge is -2.11. The van der Waals surface area contributed by atoms with Gasteiger partial charge in [0.25, 0.3) is 11.6 Å². The van der Waals surface area contributed by atoms with Gasteiger partial charge in [-0.1, -0.05) is 0 Å². The van der Waals surface area contributed by atoms with E-state index in [4.69, 9.17) is 23.7 Å². The number of fused-ring (bicyclic) bond motifs is 1. The second-order valence-corrected chi connectivity index (χ2v) is 7.62. The lowest BCUT2D eigenvalue weighted by atomic mass is 10.1. The molecule has 0 fully saturated rings. The Labute approximate surface area is 216 Å². The summed E-state index contributed by atoms with van der Waals surface area (Å²) in [7, 11) is 5.80. The maximum Gasteiger partial charge on any atom is 0.286 e. The fourth-order valence-electron chi connectivity index (χ4n) is 3.62. The van der Waals surface area contributed by atoms with E-state index in [0.717, 1.165) is 6.07 Å². The molecule has 0 aliphatic heterocycles. The van der Waals surface area contributed by atoms with Crippen molar-refractivity contribution in [1.82, 2.24) is 25.1 Å². The van der Waals surface area contributed by atoms with Crippen LogP contribution in [-0.4, -0.2) is 72.2 Å². The molecule has 4 rings (SSSR count). The van der Waals surface area contributed by atoms with Crippen LogP contribution in [0.25, 0.3) is 17.0 Å². The maximum atomic E-state index is 12.7. The van der Waals surface area contributed by atoms with E-state index in [9.17, 15) is 14.9 Å². The number of nitro benzene ring substituents is 1. The van der Waals surface area contributed by atoms with E-state index in [0.29, 0.717) is 28.5 Å². The molecule has 14 nitrogen and oxygen atoms in total. The Balaban J connectivity index is 1.45. The third-order valence-corrected chi connectivity index (χ3v) is 5.46. The summed E-state index contributed by atoms with van der Waals surface area (Å²) >= 11 is 0. The van der Waals surface area contributed by atoms with E-state index >= 15 is 0 Å². The number of benzene rings is 2. The molecule has 0 spiro atoms. The molecular formula is C24H24N6O8. The number of hydrogen-bond acceptors (Lipinski definition) is 11. The Kier molecular flexibility index (Phi) is 7.70. The lowest BCUT2D eigenvalue weighted by molar-refractivity contribution is -0.385. The van der Waals surface area contributed by atoms with Gasteiger partial charge in [-0.3, -0.25) is 14.9 Å². The number of hydrogen-bond donors (Lipinski definition) is 1. The largest absolute Gasteiger partial charge is 0.493 e. The number of aromatic nitrogens is 4. The minimum atomic E-state index is -0.667. The van der Waals surface area contributed by atoms with Gasteiger partial charge in [-0.05, 0) is 24.3 Å². The van der Waals surface area contributed by atoms with E-state index in [1.54, 1.807) is 37.4 Å². The van der Waals surface area contributed by atoms with Gasteiger partial charge < -0.3 is 29.0 Å². The highest BCUT2D eigenvalue weighted by atomic mass is 16.6. The summed E-state index contributed by atoms with van der Waals surface area (Å²) in [5.74, 6) is 1.48. The number of methoxy groups -OCH3 is 4. The van der Waals surface area contributed by atoms with Gasteiger partial charge >= 0.3 is 0 Å². The van der Waals surface area contributed by atoms with Crippen molar-refractivity contribution in [2.75, 3.05) is 41.6 Å². The zero-order valence-corrected chi connectivity index (χ0v) is 21.0. The molecule has 0 unspecified atom stereocenters. The first-order valence-electron chi connectivity index (χ1n) is 11.2. The predicted octanol–water partition coefficient (Wildman–Crippen LogP) is 2.54. The van der Waals surface area contributed by atoms with Crippen molar-refractivity contribution >= 4 is 17.2 Å². The zero-order chi connectivity index (χ0) is 27.2. The van der Waals surface area contributed by atoms with Crippen LogP contribution in [0.1, 0.15) is 10.4 Å². The highest BCUT2D eigenvalue weighted by Crippen LogP contribution is 2.34. The molecule has 0 radical (unpaired) electrons. The molecule has 0 saturated carbocycles. The van der Waals surface area contributed by atoms with Crippen LogP contribution in [-0.2, 0) is 0 Å². The van der Waals surface area contributed by atoms with Gasteiger partial charge in [0.1, 0.15) is 12.2 Å². The average Bonchev–Trinajstić information content (AvgIpc) is 3.37. The maximum absolute atomic E-state index is 12.7. The van der Waals surface area contributed by atoms with Crippen molar-refractivity contribution < 1.29 is 33.4 Å². The number of nitrogens with zero attached hydrogens (tertiary/aromatic N) is 5. The van der Waals surface area contributed by atoms with Crippen LogP contribution in [0.4, 0.5) is 5.69 Å². The topological polar surface area (TPSA) is 161 Å². The quantitative estimate of drug-likeness (QED) is 0.174. The van der Waals surface area contributed by atoms with E-state index in [2.05, 4.69) is 20.6 Å². The van der Waals surface area contributed by atoms with E-state index < -0.39 is 16.5 Å². The third kappa shape index (κ3) is 5.18. The summed E-state index contributed by atoms with van der Waals surface area (Å²) in [6, 6.07) is 11.0. The van der Waals surface area contributed by atoms with Crippen molar-refractivity contribution in [3.05, 3.63) is 58.1 Å². The molecule has 2 aromatic carbocycles. The highest BCUT2D eigenvalue weighted by molar-refractivity contribution is 5.99. The first kappa shape index (κ1) is 25.9. The van der Waals surface area contributed by atoms with Crippen LogP contribution in [0.15, 0.2) is 42.5 Å². The third-order valence-electron chi connectivity index (χ3n) is 5.46. The molecule has 14 heteroatoms. The molecule has 198 valence electrons. The standard InChI is InChI=1S/C24H24N6O8/c1-34-17-6-5-14(11-18(17)35-2)23-27-26-21-7-8-22(28-29(21)23)38-10-9-25-24(31)15-12-19(36-3)20(37-4)13-16(15)30(32)33/h5-8,11-13H,9-10H2,1-4H3,(H,25,31). The van der Waals surface area contributed by atoms with Crippen molar-refractivity contribution in [2.45, 2.75) is 0 Å². The van der Waals surface area contributed by atoms with E-state index in [1.165, 1.54) is 31.9 Å². The Morgan fingerprint density at radius 3 is 2.29 bits per heavy atom. The first-order valence-corrected chi connectivity index (χ1v) is 11.2. The SMILES string of the molecule is COc1ccc(-c2nnc3ccc(OCCNC(=O)c4cc(OC)c(OC)cc4[N+](=O)[O-])nn23)cc1OC. The fourth-order valence-corrected chi connectivity index (χ4v) is 3.62. The molecular weight excluding hydrogens is 500 g/mol. The minimum absolute atomic E-state index is 0.0408. The van der Waals surface area contributed by atoms with E-state index in [1.807, 2.05) is 0 Å². The van der Waals surface area contributed by atoms with Gasteiger partial charge in [0.2, 0.25) is 5.88 Å². The van der Waals surface area contributed by atoms with Crippen LogP contribution >= 0.6 is 0 Å². The summed E-state index contributed by atoms with van der Waals surface area (Å²) in [5.41, 5.74) is 0.611. The predicted molar refractivity (Wildman–Crippen MR) is 133 cm³/mol. The van der Waals surface area contributed by atoms with Crippen LogP contribution in [0.3, 0.4) is 0 Å². The summed E-state index contributed by atoms with van der Waals surface area (Å²) in [6.45, 7) is 0.0912. The summed E-state index contributed by atoms with van der Waals surface area (Å²) in [4.78, 5) is 23.5. The number of rotatable bonds is 11. The monoisotopic (exact) mass is 524 g/mol. The van der Waals surface area contributed by atoms with E-state index in [-0.39, 0.29) is 36.1 Å². The van der Waals surface area contributed by atoms with Gasteiger partial charge in [0.15, 0.2) is 34.5 Å². The van der Waals surface area contributed by atoms with Gasteiger partial charge in [-0.2, -0.15) is 4.52 Å². The molecule has 0 bridgehead atoms. The van der Waals surface area contributed by atoms with Crippen LogP contribution < -0.4 is 29.0 Å². The molecule has 0 atom stereocenters. The van der Waals surface area contributed by atoms with Gasteiger partial charge in [-0.25, -0.2) is 0 Å². The summed E-state index contributed by atoms with van der Waals surface area (Å²) in [6.07, 6.45) is 0. The average molecular weight is 524 g/mol. The normalized spacial score (nSPS) is 10.6. The summed E-state index contributed by atoms with van der Waals surface area (Å²) < 4.78 is 28.1. The second kappa shape index (κ2) is 11.3. The second-order valence-electron chi connectivity index (χ2n) is 7.62. The van der Waals surface area contributed by atoms with Crippen LogP contribution in [0.2, 0.25) is 0 Å². The Bertz CT molecular complexity index is 1490. The smallest absolute Gasteiger partial charge is 0.286 e. The number of carbonyl (C=O) groups excluding carboxylic acids is 1. The number of ether oxygens (including phenoxy) is 5. The van der Waals surface area contributed by atoms with Gasteiger partial charge in [0.05, 0.1) is 46.0 Å². The molecule has 1 N–H and O–H groups in total. The first-order chi connectivity index (χ1) is 18.4. The number of nitrogens with one attached hydrogen (secondary N) is 1. The van der Waals surface area contributed by atoms with Crippen molar-refractivity contribution in [3.8, 4) is 40.3 Å². The molecule has 38 heavy (non-hydrogen) atoms. The zero-order valence-electron chi connectivity index (χ0n) is 21.0. The molecule has 1 amide bonds. The van der Waals surface area contributed by atoms with Crippen LogP contribution in [0.5, 0.6) is 28.9 Å². The Hall–Kier alpha value is -5.14. The minimum Gasteiger partial charge on any atom is -0.493 e. The highest BCUT2D eigenvalue weighted by Gasteiger charge is 2.24.